The lowest BCUT2D eigenvalue weighted by atomic mass is 10.0. The van der Waals surface area contributed by atoms with E-state index in [0.717, 1.165) is 32.1 Å². The quantitative estimate of drug-likeness (QED) is 0.0239. The van der Waals surface area contributed by atoms with Crippen molar-refractivity contribution in [3.8, 4) is 0 Å². The third-order valence-corrected chi connectivity index (χ3v) is 10.9. The van der Waals surface area contributed by atoms with Gasteiger partial charge < -0.3 is 24.6 Å². The number of carbonyl (C=O) groups excluding carboxylic acids is 1. The van der Waals surface area contributed by atoms with E-state index < -0.39 is 33.2 Å². The molecule has 0 aromatic carbocycles. The van der Waals surface area contributed by atoms with Crippen LogP contribution in [0.3, 0.4) is 0 Å². The molecule has 0 aliphatic rings. The number of hydrogen-bond donors (Lipinski definition) is 3. The summed E-state index contributed by atoms with van der Waals surface area (Å²) in [6.45, 7) is 3.53. The van der Waals surface area contributed by atoms with Crippen LogP contribution in [0.1, 0.15) is 219 Å². The summed E-state index contributed by atoms with van der Waals surface area (Å²) in [5.41, 5.74) is 0. The average Bonchev–Trinajstić information content (AvgIpc) is 3.16. The Morgan fingerprint density at radius 3 is 1.39 bits per heavy atom. The highest BCUT2D eigenvalue weighted by Gasteiger charge is 2.26. The molecule has 0 saturated heterocycles. The average molecular weight is 791 g/mol. The molecule has 0 spiro atoms. The summed E-state index contributed by atoms with van der Waals surface area (Å²) in [7, 11) is -4.51. The predicted molar refractivity (Wildman–Crippen MR) is 224 cm³/mol. The third-order valence-electron chi connectivity index (χ3n) is 9.95. The van der Waals surface area contributed by atoms with Gasteiger partial charge in [0.05, 0.1) is 26.4 Å². The first-order chi connectivity index (χ1) is 26.3. The Morgan fingerprint density at radius 2 is 0.944 bits per heavy atom. The number of rotatable bonds is 44. The molecule has 0 saturated carbocycles. The molecule has 0 bridgehead atoms. The SMILES string of the molecule is CCCCCCCCCC/C=C\CCCCCCCCCCCCCCOCC(COP(=O)(O)OCC(O)CO)OC(=O)CCCCCCCCCCC. The number of allylic oxidation sites excluding steroid dienone is 2. The number of esters is 1. The number of hydrogen-bond acceptors (Lipinski definition) is 8. The fourth-order valence-corrected chi connectivity index (χ4v) is 7.26. The van der Waals surface area contributed by atoms with E-state index in [1.807, 2.05) is 0 Å². The first kappa shape index (κ1) is 53.2. The monoisotopic (exact) mass is 791 g/mol. The highest BCUT2D eigenvalue weighted by molar-refractivity contribution is 7.47. The molecule has 0 aliphatic carbocycles. The molecule has 0 rings (SSSR count). The molecule has 3 N–H and O–H groups in total. The molecular formula is C44H87O9P. The number of aliphatic hydroxyl groups is 2. The molecule has 0 heterocycles. The van der Waals surface area contributed by atoms with Gasteiger partial charge in [0.2, 0.25) is 0 Å². The molecule has 3 unspecified atom stereocenters. The van der Waals surface area contributed by atoms with E-state index in [9.17, 15) is 19.4 Å². The number of phosphoric ester groups is 1. The van der Waals surface area contributed by atoms with E-state index in [4.69, 9.17) is 23.6 Å². The predicted octanol–water partition coefficient (Wildman–Crippen LogP) is 12.5. The van der Waals surface area contributed by atoms with Crippen molar-refractivity contribution >= 4 is 13.8 Å². The van der Waals surface area contributed by atoms with Crippen LogP contribution in [0.15, 0.2) is 12.2 Å². The summed E-state index contributed by atoms with van der Waals surface area (Å²) in [5.74, 6) is -0.383. The minimum atomic E-state index is -4.51. The molecular weight excluding hydrogens is 703 g/mol. The van der Waals surface area contributed by atoms with Crippen molar-refractivity contribution in [3.05, 3.63) is 12.2 Å². The highest BCUT2D eigenvalue weighted by Crippen LogP contribution is 2.43. The Morgan fingerprint density at radius 1 is 0.556 bits per heavy atom. The van der Waals surface area contributed by atoms with Crippen molar-refractivity contribution in [2.24, 2.45) is 0 Å². The van der Waals surface area contributed by atoms with E-state index >= 15 is 0 Å². The molecule has 0 aromatic rings. The molecule has 322 valence electrons. The van der Waals surface area contributed by atoms with E-state index in [1.54, 1.807) is 0 Å². The summed E-state index contributed by atoms with van der Waals surface area (Å²) >= 11 is 0. The Balaban J connectivity index is 3.95. The van der Waals surface area contributed by atoms with Crippen LogP contribution in [0.4, 0.5) is 0 Å². The van der Waals surface area contributed by atoms with Crippen molar-refractivity contribution < 1.29 is 43.0 Å². The molecule has 0 fully saturated rings. The fourth-order valence-electron chi connectivity index (χ4n) is 6.47. The largest absolute Gasteiger partial charge is 0.472 e. The first-order valence-corrected chi connectivity index (χ1v) is 24.2. The number of carbonyl (C=O) groups is 1. The third kappa shape index (κ3) is 40.9. The van der Waals surface area contributed by atoms with Crippen molar-refractivity contribution in [1.29, 1.82) is 0 Å². The summed E-state index contributed by atoms with van der Waals surface area (Å²) in [6.07, 6.45) is 41.9. The summed E-state index contributed by atoms with van der Waals surface area (Å²) in [4.78, 5) is 22.5. The van der Waals surface area contributed by atoms with Crippen molar-refractivity contribution in [1.82, 2.24) is 0 Å². The molecule has 9 nitrogen and oxygen atoms in total. The van der Waals surface area contributed by atoms with Gasteiger partial charge in [0, 0.05) is 13.0 Å². The van der Waals surface area contributed by atoms with Gasteiger partial charge in [0.15, 0.2) is 0 Å². The van der Waals surface area contributed by atoms with Gasteiger partial charge in [-0.2, -0.15) is 0 Å². The van der Waals surface area contributed by atoms with Crippen molar-refractivity contribution in [2.45, 2.75) is 232 Å². The standard InChI is InChI=1S/C44H87O9P/c1-3-5-7-9-11-13-14-15-16-17-18-19-20-21-22-23-24-25-26-27-29-31-33-35-37-50-40-43(41-52-54(48,49)51-39-42(46)38-45)53-44(47)36-34-32-30-28-12-10-8-6-4-2/h17-18,42-43,45-46H,3-16,19-41H2,1-2H3,(H,48,49)/b18-17-. The Bertz CT molecular complexity index is 856. The fraction of sp³-hybridized carbons (Fsp3) is 0.932. The second-order valence-corrected chi connectivity index (χ2v) is 16.9. The Labute approximate surface area is 332 Å². The Kier molecular flexibility index (Phi) is 41.2. The van der Waals surface area contributed by atoms with Crippen LogP contribution < -0.4 is 0 Å². The lowest BCUT2D eigenvalue weighted by molar-refractivity contribution is -0.154. The van der Waals surface area contributed by atoms with Gasteiger partial charge in [0.1, 0.15) is 12.2 Å². The van der Waals surface area contributed by atoms with E-state index in [1.165, 1.54) is 167 Å². The van der Waals surface area contributed by atoms with E-state index in [0.29, 0.717) is 6.61 Å². The lowest BCUT2D eigenvalue weighted by Gasteiger charge is -2.20. The van der Waals surface area contributed by atoms with Gasteiger partial charge in [-0.1, -0.05) is 187 Å². The highest BCUT2D eigenvalue weighted by atomic mass is 31.2. The van der Waals surface area contributed by atoms with Crippen LogP contribution in [-0.4, -0.2) is 66.3 Å². The van der Waals surface area contributed by atoms with Crippen molar-refractivity contribution in [2.75, 3.05) is 33.0 Å². The molecule has 0 aromatic heterocycles. The zero-order valence-electron chi connectivity index (χ0n) is 35.2. The van der Waals surface area contributed by atoms with Gasteiger partial charge >= 0.3 is 13.8 Å². The number of unbranched alkanes of at least 4 members (excludes halogenated alkanes) is 28. The smallest absolute Gasteiger partial charge is 0.457 e. The van der Waals surface area contributed by atoms with Gasteiger partial charge in [-0.05, 0) is 38.5 Å². The minimum Gasteiger partial charge on any atom is -0.457 e. The van der Waals surface area contributed by atoms with Crippen LogP contribution in [0.25, 0.3) is 0 Å². The van der Waals surface area contributed by atoms with E-state index in [-0.39, 0.29) is 25.6 Å². The lowest BCUT2D eigenvalue weighted by Crippen LogP contribution is -2.29. The maximum absolute atomic E-state index is 12.5. The van der Waals surface area contributed by atoms with Gasteiger partial charge in [-0.25, -0.2) is 4.57 Å². The zero-order chi connectivity index (χ0) is 39.6. The van der Waals surface area contributed by atoms with E-state index in [2.05, 4.69) is 26.0 Å². The summed E-state index contributed by atoms with van der Waals surface area (Å²) in [6, 6.07) is 0. The normalized spacial score (nSPS) is 14.1. The number of aliphatic hydroxyl groups excluding tert-OH is 2. The van der Waals surface area contributed by atoms with Crippen LogP contribution in [0, 0.1) is 0 Å². The number of ether oxygens (including phenoxy) is 2. The first-order valence-electron chi connectivity index (χ1n) is 22.7. The van der Waals surface area contributed by atoms with Crippen molar-refractivity contribution in [3.63, 3.8) is 0 Å². The topological polar surface area (TPSA) is 132 Å². The summed E-state index contributed by atoms with van der Waals surface area (Å²) < 4.78 is 33.3. The molecule has 54 heavy (non-hydrogen) atoms. The molecule has 0 amide bonds. The van der Waals surface area contributed by atoms with Gasteiger partial charge in [0.25, 0.3) is 0 Å². The number of phosphoric acid groups is 1. The molecule has 0 radical (unpaired) electrons. The molecule has 0 aliphatic heterocycles. The second-order valence-electron chi connectivity index (χ2n) is 15.4. The Hall–Kier alpha value is -0.800. The van der Waals surface area contributed by atoms with Crippen LogP contribution in [0.5, 0.6) is 0 Å². The maximum atomic E-state index is 12.5. The minimum absolute atomic E-state index is 0.0544. The maximum Gasteiger partial charge on any atom is 0.472 e. The second kappa shape index (κ2) is 41.8. The van der Waals surface area contributed by atoms with Gasteiger partial charge in [-0.15, -0.1) is 0 Å². The van der Waals surface area contributed by atoms with Crippen LogP contribution in [0.2, 0.25) is 0 Å². The zero-order valence-corrected chi connectivity index (χ0v) is 36.1. The van der Waals surface area contributed by atoms with Crippen LogP contribution >= 0.6 is 7.82 Å². The molecule has 10 heteroatoms. The molecule has 3 atom stereocenters. The van der Waals surface area contributed by atoms with Gasteiger partial charge in [-0.3, -0.25) is 13.8 Å². The van der Waals surface area contributed by atoms with Crippen LogP contribution in [-0.2, 0) is 27.9 Å². The summed E-state index contributed by atoms with van der Waals surface area (Å²) in [5, 5.41) is 18.3.